The molecule has 0 amide bonds. The van der Waals surface area contributed by atoms with Gasteiger partial charge < -0.3 is 25.3 Å². The van der Waals surface area contributed by atoms with Crippen molar-refractivity contribution in [3.63, 3.8) is 0 Å². The van der Waals surface area contributed by atoms with E-state index in [0.717, 1.165) is 56.4 Å². The average molecular weight is 496 g/mol. The van der Waals surface area contributed by atoms with Crippen molar-refractivity contribution < 1.29 is 10.2 Å². The zero-order valence-corrected chi connectivity index (χ0v) is 18.5. The van der Waals surface area contributed by atoms with Gasteiger partial charge in [-0.2, -0.15) is 0 Å². The second-order valence-electron chi connectivity index (χ2n) is 6.62. The molecule has 6 nitrogen and oxygen atoms in total. The molecule has 1 aliphatic heterocycles. The molecule has 7 heteroatoms. The molecule has 0 aliphatic carbocycles. The normalized spacial score (nSPS) is 14.5. The van der Waals surface area contributed by atoms with Gasteiger partial charge in [0.2, 0.25) is 0 Å². The number of halogens is 1. The molecule has 0 saturated carbocycles. The number of benzene rings is 2. The Balaban J connectivity index is 0.00000280. The molecule has 152 valence electrons. The molecule has 0 unspecified atom stereocenters. The summed E-state index contributed by atoms with van der Waals surface area (Å²) in [5, 5.41) is 23.0. The maximum absolute atomic E-state index is 10.1. The monoisotopic (exact) mass is 496 g/mol. The molecule has 3 rings (SSSR count). The van der Waals surface area contributed by atoms with Gasteiger partial charge in [-0.25, -0.2) is 0 Å². The lowest BCUT2D eigenvalue weighted by Crippen LogP contribution is -2.52. The smallest absolute Gasteiger partial charge is 0.194 e. The second kappa shape index (κ2) is 11.0. The highest BCUT2D eigenvalue weighted by Gasteiger charge is 2.21. The van der Waals surface area contributed by atoms with Crippen molar-refractivity contribution in [1.82, 2.24) is 10.2 Å². The van der Waals surface area contributed by atoms with Gasteiger partial charge in [-0.15, -0.1) is 24.0 Å². The molecular weight excluding hydrogens is 467 g/mol. The first kappa shape index (κ1) is 22.1. The second-order valence-corrected chi connectivity index (χ2v) is 6.62. The van der Waals surface area contributed by atoms with E-state index < -0.39 is 0 Å². The summed E-state index contributed by atoms with van der Waals surface area (Å²) in [6.45, 7) is 6.96. The van der Waals surface area contributed by atoms with Crippen LogP contribution >= 0.6 is 24.0 Å². The van der Waals surface area contributed by atoms with E-state index in [1.54, 1.807) is 18.2 Å². The highest BCUT2D eigenvalue weighted by molar-refractivity contribution is 14.0. The predicted octanol–water partition coefficient (Wildman–Crippen LogP) is 3.05. The van der Waals surface area contributed by atoms with Crippen LogP contribution in [0.2, 0.25) is 0 Å². The van der Waals surface area contributed by atoms with E-state index in [4.69, 9.17) is 4.99 Å². The standard InChI is InChI=1S/C21H28N4O2.HI/c1-2-22-21(23-11-10-17-6-5-7-18(26)16-17)25-14-12-24(13-15-25)19-8-3-4-9-20(19)27;/h3-9,16,26-27H,2,10-15H2,1H3,(H,22,23);1H. The fourth-order valence-corrected chi connectivity index (χ4v) is 3.32. The summed E-state index contributed by atoms with van der Waals surface area (Å²) in [6, 6.07) is 14.8. The summed E-state index contributed by atoms with van der Waals surface area (Å²) in [4.78, 5) is 9.24. The van der Waals surface area contributed by atoms with E-state index in [0.29, 0.717) is 18.0 Å². The molecule has 2 aromatic rings. The minimum absolute atomic E-state index is 0. The van der Waals surface area contributed by atoms with E-state index in [-0.39, 0.29) is 24.0 Å². The number of aromatic hydroxyl groups is 2. The number of phenols is 2. The van der Waals surface area contributed by atoms with E-state index in [9.17, 15) is 10.2 Å². The summed E-state index contributed by atoms with van der Waals surface area (Å²) in [5.41, 5.74) is 1.97. The highest BCUT2D eigenvalue weighted by Crippen LogP contribution is 2.27. The predicted molar refractivity (Wildman–Crippen MR) is 125 cm³/mol. The molecule has 2 aromatic carbocycles. The van der Waals surface area contributed by atoms with Gasteiger partial charge in [0.1, 0.15) is 11.5 Å². The summed E-state index contributed by atoms with van der Waals surface area (Å²) in [7, 11) is 0. The van der Waals surface area contributed by atoms with Crippen LogP contribution in [-0.2, 0) is 6.42 Å². The fraction of sp³-hybridized carbons (Fsp3) is 0.381. The quantitative estimate of drug-likeness (QED) is 0.337. The molecule has 0 aromatic heterocycles. The molecule has 1 saturated heterocycles. The summed E-state index contributed by atoms with van der Waals surface area (Å²) < 4.78 is 0. The van der Waals surface area contributed by atoms with Crippen LogP contribution in [-0.4, -0.2) is 60.3 Å². The first-order valence-electron chi connectivity index (χ1n) is 9.51. The zero-order chi connectivity index (χ0) is 19.1. The highest BCUT2D eigenvalue weighted by atomic mass is 127. The van der Waals surface area contributed by atoms with Gasteiger partial charge >= 0.3 is 0 Å². The number of hydrogen-bond donors (Lipinski definition) is 3. The third kappa shape index (κ3) is 5.92. The van der Waals surface area contributed by atoms with Crippen molar-refractivity contribution in [2.24, 2.45) is 4.99 Å². The lowest BCUT2D eigenvalue weighted by atomic mass is 10.1. The molecule has 3 N–H and O–H groups in total. The van der Waals surface area contributed by atoms with Crippen LogP contribution in [0.3, 0.4) is 0 Å². The molecule has 0 atom stereocenters. The van der Waals surface area contributed by atoms with E-state index in [2.05, 4.69) is 22.0 Å². The van der Waals surface area contributed by atoms with Crippen molar-refractivity contribution in [2.75, 3.05) is 44.2 Å². The molecular formula is C21H29IN4O2. The third-order valence-corrected chi connectivity index (χ3v) is 4.71. The lowest BCUT2D eigenvalue weighted by Gasteiger charge is -2.37. The maximum Gasteiger partial charge on any atom is 0.194 e. The maximum atomic E-state index is 10.1. The van der Waals surface area contributed by atoms with Crippen LogP contribution in [0.25, 0.3) is 0 Å². The van der Waals surface area contributed by atoms with E-state index in [1.165, 1.54) is 0 Å². The number of hydrogen-bond acceptors (Lipinski definition) is 4. The van der Waals surface area contributed by atoms with E-state index >= 15 is 0 Å². The number of phenolic OH excluding ortho intramolecular Hbond substituents is 2. The van der Waals surface area contributed by atoms with Gasteiger partial charge in [-0.1, -0.05) is 24.3 Å². The summed E-state index contributed by atoms with van der Waals surface area (Å²) >= 11 is 0. The van der Waals surface area contributed by atoms with Crippen molar-refractivity contribution in [3.8, 4) is 11.5 Å². The van der Waals surface area contributed by atoms with E-state index in [1.807, 2.05) is 30.3 Å². The molecule has 1 aliphatic rings. The van der Waals surface area contributed by atoms with Crippen molar-refractivity contribution in [2.45, 2.75) is 13.3 Å². The van der Waals surface area contributed by atoms with Crippen LogP contribution in [0, 0.1) is 0 Å². The summed E-state index contributed by atoms with van der Waals surface area (Å²) in [6.07, 6.45) is 0.793. The molecule has 0 spiro atoms. The van der Waals surface area contributed by atoms with Crippen LogP contribution in [0.5, 0.6) is 11.5 Å². The number of piperazine rings is 1. The molecule has 0 bridgehead atoms. The van der Waals surface area contributed by atoms with Crippen LogP contribution in [0.15, 0.2) is 53.5 Å². The van der Waals surface area contributed by atoms with Crippen molar-refractivity contribution in [3.05, 3.63) is 54.1 Å². The van der Waals surface area contributed by atoms with Gasteiger partial charge in [0.05, 0.1) is 5.69 Å². The number of anilines is 1. The lowest BCUT2D eigenvalue weighted by molar-refractivity contribution is 0.370. The number of aliphatic imine (C=N–C) groups is 1. The van der Waals surface area contributed by atoms with Gasteiger partial charge in [0.15, 0.2) is 5.96 Å². The molecule has 0 radical (unpaired) electrons. The Morgan fingerprint density at radius 2 is 1.79 bits per heavy atom. The Morgan fingerprint density at radius 3 is 2.46 bits per heavy atom. The Kier molecular flexibility index (Phi) is 8.69. The Bertz CT molecular complexity index is 777. The van der Waals surface area contributed by atoms with Crippen LogP contribution in [0.1, 0.15) is 12.5 Å². The molecule has 1 fully saturated rings. The minimum Gasteiger partial charge on any atom is -0.508 e. The molecule has 1 heterocycles. The number of nitrogens with one attached hydrogen (secondary N) is 1. The number of rotatable bonds is 5. The van der Waals surface area contributed by atoms with Gasteiger partial charge in [-0.3, -0.25) is 4.99 Å². The average Bonchev–Trinajstić information content (AvgIpc) is 2.68. The summed E-state index contributed by atoms with van der Waals surface area (Å²) in [5.74, 6) is 1.55. The number of guanidine groups is 1. The van der Waals surface area contributed by atoms with Gasteiger partial charge in [-0.05, 0) is 43.2 Å². The van der Waals surface area contributed by atoms with Crippen molar-refractivity contribution in [1.29, 1.82) is 0 Å². The van der Waals surface area contributed by atoms with Crippen LogP contribution < -0.4 is 10.2 Å². The topological polar surface area (TPSA) is 71.3 Å². The Morgan fingerprint density at radius 1 is 1.04 bits per heavy atom. The van der Waals surface area contributed by atoms with Crippen molar-refractivity contribution >= 4 is 35.6 Å². The minimum atomic E-state index is 0. The number of para-hydroxylation sites is 2. The zero-order valence-electron chi connectivity index (χ0n) is 16.2. The first-order chi connectivity index (χ1) is 13.2. The third-order valence-electron chi connectivity index (χ3n) is 4.71. The first-order valence-corrected chi connectivity index (χ1v) is 9.51. The largest absolute Gasteiger partial charge is 0.508 e. The fourth-order valence-electron chi connectivity index (χ4n) is 3.32. The molecule has 28 heavy (non-hydrogen) atoms. The van der Waals surface area contributed by atoms with Gasteiger partial charge in [0.25, 0.3) is 0 Å². The SMILES string of the molecule is CCNC(=NCCc1cccc(O)c1)N1CCN(c2ccccc2O)CC1.I. The Labute approximate surface area is 183 Å². The Hall–Kier alpha value is -2.16. The number of nitrogens with zero attached hydrogens (tertiary/aromatic N) is 3. The van der Waals surface area contributed by atoms with Crippen LogP contribution in [0.4, 0.5) is 5.69 Å². The van der Waals surface area contributed by atoms with Gasteiger partial charge in [0, 0.05) is 39.3 Å².